The van der Waals surface area contributed by atoms with Crippen molar-refractivity contribution < 1.29 is 4.74 Å². The second-order valence-electron chi connectivity index (χ2n) is 5.17. The Morgan fingerprint density at radius 1 is 1.25 bits per heavy atom. The van der Waals surface area contributed by atoms with Gasteiger partial charge in [-0.2, -0.15) is 0 Å². The van der Waals surface area contributed by atoms with Crippen LogP contribution in [-0.2, 0) is 0 Å². The quantitative estimate of drug-likeness (QED) is 0.779. The minimum atomic E-state index is 0.299. The maximum atomic E-state index is 5.78. The number of nitrogens with zero attached hydrogens (tertiary/aromatic N) is 2. The summed E-state index contributed by atoms with van der Waals surface area (Å²) in [4.78, 5) is 8.34. The minimum absolute atomic E-state index is 0.299. The fraction of sp³-hybridized carbons (Fsp3) is 0.667. The molecule has 0 bridgehead atoms. The van der Waals surface area contributed by atoms with Crippen molar-refractivity contribution in [3.63, 3.8) is 0 Å². The lowest BCUT2D eigenvalue weighted by Gasteiger charge is -2.33. The predicted molar refractivity (Wildman–Crippen MR) is 71.4 cm³/mol. The van der Waals surface area contributed by atoms with Gasteiger partial charge in [0.25, 0.3) is 0 Å². The van der Waals surface area contributed by atoms with Crippen LogP contribution in [0.1, 0.15) is 39.5 Å². The summed E-state index contributed by atoms with van der Waals surface area (Å²) in [5.41, 5.74) is 0.479. The summed E-state index contributed by atoms with van der Waals surface area (Å²) in [6.07, 6.45) is 8.55. The summed E-state index contributed by atoms with van der Waals surface area (Å²) in [5.74, 6) is 0. The smallest absolute Gasteiger partial charge is 0.316 e. The molecule has 0 aromatic carbocycles. The van der Waals surface area contributed by atoms with Crippen LogP contribution < -0.4 is 4.74 Å². The predicted octanol–water partition coefficient (Wildman–Crippen LogP) is 3.43. The Morgan fingerprint density at radius 2 is 1.81 bits per heavy atom. The molecule has 3 nitrogen and oxygen atoms in total. The molecule has 1 aliphatic rings. The van der Waals surface area contributed by atoms with E-state index in [4.69, 9.17) is 4.74 Å². The molecule has 0 spiro atoms. The first kappa shape index (κ1) is 12.1. The van der Waals surface area contributed by atoms with Gasteiger partial charge in [-0.3, -0.25) is 0 Å². The molecule has 1 aliphatic carbocycles. The van der Waals surface area contributed by atoms with Crippen LogP contribution in [0.15, 0.2) is 12.4 Å². The van der Waals surface area contributed by atoms with Crippen molar-refractivity contribution in [2.45, 2.75) is 45.6 Å². The molecule has 1 aromatic heterocycles. The fourth-order valence-electron chi connectivity index (χ4n) is 2.00. The summed E-state index contributed by atoms with van der Waals surface area (Å²) in [7, 11) is 0. The summed E-state index contributed by atoms with van der Waals surface area (Å²) in [6, 6.07) is 0.519. The molecule has 0 amide bonds. The highest BCUT2D eigenvalue weighted by molar-refractivity contribution is 14.1. The van der Waals surface area contributed by atoms with Crippen molar-refractivity contribution in [3.05, 3.63) is 16.0 Å². The molecule has 16 heavy (non-hydrogen) atoms. The molecule has 4 heteroatoms. The van der Waals surface area contributed by atoms with E-state index < -0.39 is 0 Å². The zero-order valence-electron chi connectivity index (χ0n) is 9.74. The minimum Gasteiger partial charge on any atom is -0.460 e. The van der Waals surface area contributed by atoms with E-state index in [0.29, 0.717) is 17.5 Å². The molecule has 88 valence electrons. The van der Waals surface area contributed by atoms with Crippen LogP contribution >= 0.6 is 22.6 Å². The van der Waals surface area contributed by atoms with Crippen LogP contribution in [0, 0.1) is 8.99 Å². The van der Waals surface area contributed by atoms with E-state index in [-0.39, 0.29) is 0 Å². The molecule has 0 N–H and O–H groups in total. The van der Waals surface area contributed by atoms with Gasteiger partial charge in [-0.25, -0.2) is 9.97 Å². The highest BCUT2D eigenvalue weighted by Gasteiger charge is 2.28. The second-order valence-corrected chi connectivity index (χ2v) is 6.41. The number of rotatable bonds is 2. The molecule has 1 heterocycles. The Morgan fingerprint density at radius 3 is 2.38 bits per heavy atom. The molecule has 2 rings (SSSR count). The highest BCUT2D eigenvalue weighted by Crippen LogP contribution is 2.36. The molecule has 1 aromatic rings. The third-order valence-electron chi connectivity index (χ3n) is 3.15. The number of ether oxygens (including phenoxy) is 1. The van der Waals surface area contributed by atoms with E-state index in [2.05, 4.69) is 46.4 Å². The lowest BCUT2D eigenvalue weighted by Crippen LogP contribution is -2.28. The van der Waals surface area contributed by atoms with Gasteiger partial charge in [0, 0.05) is 16.0 Å². The molecule has 0 atom stereocenters. The monoisotopic (exact) mass is 332 g/mol. The Balaban J connectivity index is 1.89. The maximum absolute atomic E-state index is 5.78. The Labute approximate surface area is 110 Å². The summed E-state index contributed by atoms with van der Waals surface area (Å²) in [5, 5.41) is 0. The van der Waals surface area contributed by atoms with Gasteiger partial charge in [0.15, 0.2) is 0 Å². The first-order valence-electron chi connectivity index (χ1n) is 5.69. The third-order valence-corrected chi connectivity index (χ3v) is 3.71. The van der Waals surface area contributed by atoms with Gasteiger partial charge >= 0.3 is 6.01 Å². The number of hydrogen-bond donors (Lipinski definition) is 0. The average Bonchev–Trinajstić information content (AvgIpc) is 2.24. The second kappa shape index (κ2) is 4.85. The van der Waals surface area contributed by atoms with Crippen LogP contribution in [-0.4, -0.2) is 16.1 Å². The van der Waals surface area contributed by atoms with Crippen molar-refractivity contribution >= 4 is 22.6 Å². The van der Waals surface area contributed by atoms with Crippen molar-refractivity contribution in [2.75, 3.05) is 0 Å². The molecule has 1 fully saturated rings. The van der Waals surface area contributed by atoms with E-state index >= 15 is 0 Å². The molecule has 0 aliphatic heterocycles. The van der Waals surface area contributed by atoms with Gasteiger partial charge in [-0.1, -0.05) is 13.8 Å². The van der Waals surface area contributed by atoms with Crippen molar-refractivity contribution in [1.29, 1.82) is 0 Å². The SMILES string of the molecule is CC1(C)CCC(Oc2ncc(I)cn2)CC1. The zero-order valence-corrected chi connectivity index (χ0v) is 11.9. The molecule has 0 radical (unpaired) electrons. The van der Waals surface area contributed by atoms with Crippen molar-refractivity contribution in [3.8, 4) is 6.01 Å². The standard InChI is InChI=1S/C12H17IN2O/c1-12(2)5-3-10(4-6-12)16-11-14-7-9(13)8-15-11/h7-8,10H,3-6H2,1-2H3. The van der Waals surface area contributed by atoms with Crippen LogP contribution in [0.2, 0.25) is 0 Å². The molecular formula is C12H17IN2O. The number of halogens is 1. The van der Waals surface area contributed by atoms with Gasteiger partial charge in [-0.05, 0) is 53.7 Å². The number of hydrogen-bond acceptors (Lipinski definition) is 3. The Bertz CT molecular complexity index is 341. The Hall–Kier alpha value is -0.390. The highest BCUT2D eigenvalue weighted by atomic mass is 127. The maximum Gasteiger partial charge on any atom is 0.316 e. The molecular weight excluding hydrogens is 315 g/mol. The lowest BCUT2D eigenvalue weighted by atomic mass is 9.76. The van der Waals surface area contributed by atoms with Crippen molar-refractivity contribution in [1.82, 2.24) is 9.97 Å². The van der Waals surface area contributed by atoms with Crippen LogP contribution in [0.3, 0.4) is 0 Å². The van der Waals surface area contributed by atoms with Gasteiger partial charge in [0.1, 0.15) is 6.10 Å². The largest absolute Gasteiger partial charge is 0.460 e. The number of aromatic nitrogens is 2. The molecule has 0 unspecified atom stereocenters. The van der Waals surface area contributed by atoms with Gasteiger partial charge < -0.3 is 4.74 Å². The van der Waals surface area contributed by atoms with Gasteiger partial charge in [0.05, 0.1) is 0 Å². The molecule has 0 saturated heterocycles. The fourth-order valence-corrected chi connectivity index (χ4v) is 2.28. The summed E-state index contributed by atoms with van der Waals surface area (Å²) in [6.45, 7) is 4.65. The summed E-state index contributed by atoms with van der Waals surface area (Å²) < 4.78 is 6.81. The third kappa shape index (κ3) is 3.30. The van der Waals surface area contributed by atoms with E-state index in [0.717, 1.165) is 16.4 Å². The van der Waals surface area contributed by atoms with E-state index in [1.165, 1.54) is 12.8 Å². The van der Waals surface area contributed by atoms with E-state index in [9.17, 15) is 0 Å². The lowest BCUT2D eigenvalue weighted by molar-refractivity contribution is 0.0906. The topological polar surface area (TPSA) is 35.0 Å². The van der Waals surface area contributed by atoms with Crippen LogP contribution in [0.4, 0.5) is 0 Å². The van der Waals surface area contributed by atoms with E-state index in [1.807, 2.05) is 0 Å². The Kier molecular flexibility index (Phi) is 3.66. The van der Waals surface area contributed by atoms with E-state index in [1.54, 1.807) is 12.4 Å². The normalized spacial score (nSPS) is 20.7. The first-order valence-corrected chi connectivity index (χ1v) is 6.77. The van der Waals surface area contributed by atoms with Crippen LogP contribution in [0.25, 0.3) is 0 Å². The average molecular weight is 332 g/mol. The van der Waals surface area contributed by atoms with Crippen molar-refractivity contribution in [2.24, 2.45) is 5.41 Å². The van der Waals surface area contributed by atoms with Gasteiger partial charge in [-0.15, -0.1) is 0 Å². The zero-order chi connectivity index (χ0) is 11.6. The van der Waals surface area contributed by atoms with Crippen LogP contribution in [0.5, 0.6) is 6.01 Å². The molecule has 1 saturated carbocycles. The summed E-state index contributed by atoms with van der Waals surface area (Å²) >= 11 is 2.19. The van der Waals surface area contributed by atoms with Gasteiger partial charge in [0.2, 0.25) is 0 Å². The first-order chi connectivity index (χ1) is 7.55.